The van der Waals surface area contributed by atoms with E-state index in [4.69, 9.17) is 20.8 Å². The first-order valence-electron chi connectivity index (χ1n) is 7.74. The third-order valence-corrected chi connectivity index (χ3v) is 4.32. The molecule has 0 N–H and O–H groups in total. The van der Waals surface area contributed by atoms with Crippen LogP contribution in [0.15, 0.2) is 28.9 Å². The molecule has 126 valence electrons. The molecule has 0 radical (unpaired) electrons. The molecule has 0 aromatic carbocycles. The molecule has 6 nitrogen and oxygen atoms in total. The van der Waals surface area contributed by atoms with Crippen molar-refractivity contribution in [3.8, 4) is 11.5 Å². The summed E-state index contributed by atoms with van der Waals surface area (Å²) >= 11 is 6.58. The van der Waals surface area contributed by atoms with Crippen molar-refractivity contribution >= 4 is 23.2 Å². The van der Waals surface area contributed by atoms with Crippen LogP contribution in [0.2, 0.25) is 5.15 Å². The summed E-state index contributed by atoms with van der Waals surface area (Å²) in [7, 11) is 1.38. The molecule has 0 spiro atoms. The molecule has 7 heteroatoms. The molecule has 0 amide bonds. The number of esters is 1. The zero-order valence-corrected chi connectivity index (χ0v) is 14.5. The molecule has 1 unspecified atom stereocenters. The SMILES string of the molecule is CCCC(C(=O)OC)c1c(C)nc2cc(-c3ccco3)nn2c1Cl. The zero-order chi connectivity index (χ0) is 17.3. The first kappa shape index (κ1) is 16.5. The number of hydrogen-bond acceptors (Lipinski definition) is 5. The van der Waals surface area contributed by atoms with E-state index in [2.05, 4.69) is 10.1 Å². The van der Waals surface area contributed by atoms with Gasteiger partial charge in [-0.05, 0) is 25.5 Å². The predicted molar refractivity (Wildman–Crippen MR) is 90.1 cm³/mol. The number of carbonyl (C=O) groups is 1. The number of ether oxygens (including phenoxy) is 1. The minimum Gasteiger partial charge on any atom is -0.469 e. The van der Waals surface area contributed by atoms with Crippen LogP contribution in [-0.2, 0) is 9.53 Å². The minimum atomic E-state index is -0.458. The summed E-state index contributed by atoms with van der Waals surface area (Å²) < 4.78 is 11.8. The molecular weight excluding hydrogens is 330 g/mol. The van der Waals surface area contributed by atoms with Gasteiger partial charge in [-0.3, -0.25) is 4.79 Å². The second-order valence-electron chi connectivity index (χ2n) is 5.54. The van der Waals surface area contributed by atoms with Gasteiger partial charge in [0, 0.05) is 17.3 Å². The second-order valence-corrected chi connectivity index (χ2v) is 5.90. The van der Waals surface area contributed by atoms with Crippen molar-refractivity contribution in [3.05, 3.63) is 40.9 Å². The normalized spacial score (nSPS) is 12.5. The molecule has 1 atom stereocenters. The van der Waals surface area contributed by atoms with E-state index in [-0.39, 0.29) is 5.97 Å². The number of aryl methyl sites for hydroxylation is 1. The lowest BCUT2D eigenvalue weighted by molar-refractivity contribution is -0.142. The van der Waals surface area contributed by atoms with Crippen molar-refractivity contribution < 1.29 is 13.9 Å². The van der Waals surface area contributed by atoms with Crippen molar-refractivity contribution in [2.45, 2.75) is 32.6 Å². The van der Waals surface area contributed by atoms with E-state index < -0.39 is 5.92 Å². The third-order valence-electron chi connectivity index (χ3n) is 3.96. The number of fused-ring (bicyclic) bond motifs is 1. The highest BCUT2D eigenvalue weighted by molar-refractivity contribution is 6.30. The Kier molecular flexibility index (Phi) is 4.57. The first-order valence-corrected chi connectivity index (χ1v) is 8.12. The van der Waals surface area contributed by atoms with Crippen molar-refractivity contribution in [3.63, 3.8) is 0 Å². The van der Waals surface area contributed by atoms with Gasteiger partial charge in [-0.25, -0.2) is 9.50 Å². The van der Waals surface area contributed by atoms with Gasteiger partial charge >= 0.3 is 5.97 Å². The zero-order valence-electron chi connectivity index (χ0n) is 13.7. The average Bonchev–Trinajstić information content (AvgIpc) is 3.22. The molecule has 0 aliphatic carbocycles. The van der Waals surface area contributed by atoms with Crippen LogP contribution in [0.4, 0.5) is 0 Å². The highest BCUT2D eigenvalue weighted by atomic mass is 35.5. The summed E-state index contributed by atoms with van der Waals surface area (Å²) in [5.74, 6) is -0.143. The number of hydrogen-bond donors (Lipinski definition) is 0. The topological polar surface area (TPSA) is 69.6 Å². The van der Waals surface area contributed by atoms with E-state index in [0.29, 0.717) is 39.9 Å². The van der Waals surface area contributed by atoms with Crippen LogP contribution in [0.25, 0.3) is 17.1 Å². The fourth-order valence-corrected chi connectivity index (χ4v) is 3.24. The number of nitrogens with zero attached hydrogens (tertiary/aromatic N) is 3. The molecule has 24 heavy (non-hydrogen) atoms. The van der Waals surface area contributed by atoms with Crippen molar-refractivity contribution in [2.24, 2.45) is 0 Å². The third kappa shape index (κ3) is 2.78. The molecule has 3 heterocycles. The van der Waals surface area contributed by atoms with Gasteiger partial charge in [0.15, 0.2) is 11.4 Å². The van der Waals surface area contributed by atoms with Gasteiger partial charge in [0.1, 0.15) is 10.8 Å². The fraction of sp³-hybridized carbons (Fsp3) is 0.353. The first-order chi connectivity index (χ1) is 11.6. The maximum Gasteiger partial charge on any atom is 0.313 e. The van der Waals surface area contributed by atoms with Gasteiger partial charge in [0.05, 0.1) is 19.3 Å². The number of aromatic nitrogens is 3. The van der Waals surface area contributed by atoms with Crippen LogP contribution >= 0.6 is 11.6 Å². The van der Waals surface area contributed by atoms with Gasteiger partial charge in [-0.15, -0.1) is 0 Å². The van der Waals surface area contributed by atoms with E-state index in [1.807, 2.05) is 19.9 Å². The number of methoxy groups -OCH3 is 1. The molecule has 0 aliphatic heterocycles. The van der Waals surface area contributed by atoms with E-state index in [9.17, 15) is 4.79 Å². The van der Waals surface area contributed by atoms with Gasteiger partial charge in [-0.2, -0.15) is 5.10 Å². The molecule has 0 saturated carbocycles. The Hall–Kier alpha value is -2.34. The molecule has 0 saturated heterocycles. The monoisotopic (exact) mass is 347 g/mol. The van der Waals surface area contributed by atoms with Gasteiger partial charge in [0.2, 0.25) is 0 Å². The highest BCUT2D eigenvalue weighted by Crippen LogP contribution is 2.33. The summed E-state index contributed by atoms with van der Waals surface area (Å²) in [6.45, 7) is 3.85. The quantitative estimate of drug-likeness (QED) is 0.515. The second kappa shape index (κ2) is 6.65. The van der Waals surface area contributed by atoms with Crippen LogP contribution < -0.4 is 0 Å². The molecule has 3 aromatic heterocycles. The Morgan fingerprint density at radius 2 is 2.29 bits per heavy atom. The summed E-state index contributed by atoms with van der Waals surface area (Å²) in [6.07, 6.45) is 3.04. The van der Waals surface area contributed by atoms with E-state index >= 15 is 0 Å². The van der Waals surface area contributed by atoms with Crippen molar-refractivity contribution in [2.75, 3.05) is 7.11 Å². The standard InChI is InChI=1S/C17H18ClN3O3/c1-4-6-11(17(22)23-3)15-10(2)19-14-9-12(13-7-5-8-24-13)20-21(14)16(15)18/h5,7-9,11H,4,6H2,1-3H3. The number of halogens is 1. The molecular formula is C17H18ClN3O3. The minimum absolute atomic E-state index is 0.318. The lowest BCUT2D eigenvalue weighted by Crippen LogP contribution is -2.18. The van der Waals surface area contributed by atoms with Crippen LogP contribution in [0.1, 0.15) is 36.9 Å². The Morgan fingerprint density at radius 1 is 1.50 bits per heavy atom. The van der Waals surface area contributed by atoms with E-state index in [1.54, 1.807) is 18.4 Å². The Labute approximate surface area is 144 Å². The number of rotatable bonds is 5. The summed E-state index contributed by atoms with van der Waals surface area (Å²) in [5, 5.41) is 4.83. The molecule has 0 bridgehead atoms. The molecule has 3 rings (SSSR count). The Balaban J connectivity index is 2.16. The van der Waals surface area contributed by atoms with E-state index in [0.717, 1.165) is 6.42 Å². The number of furan rings is 1. The Bertz CT molecular complexity index is 871. The molecule has 0 aliphatic rings. The maximum atomic E-state index is 12.2. The summed E-state index contributed by atoms with van der Waals surface area (Å²) in [5.41, 5.74) is 2.60. The van der Waals surface area contributed by atoms with Crippen molar-refractivity contribution in [1.82, 2.24) is 14.6 Å². The van der Waals surface area contributed by atoms with Gasteiger partial charge in [0.25, 0.3) is 0 Å². The highest BCUT2D eigenvalue weighted by Gasteiger charge is 2.28. The summed E-state index contributed by atoms with van der Waals surface area (Å²) in [6, 6.07) is 5.41. The van der Waals surface area contributed by atoms with Gasteiger partial charge in [-0.1, -0.05) is 24.9 Å². The van der Waals surface area contributed by atoms with Crippen LogP contribution in [0, 0.1) is 6.92 Å². The fourth-order valence-electron chi connectivity index (χ4n) is 2.84. The van der Waals surface area contributed by atoms with Crippen LogP contribution in [-0.4, -0.2) is 27.7 Å². The van der Waals surface area contributed by atoms with Crippen LogP contribution in [0.5, 0.6) is 0 Å². The molecule has 0 fully saturated rings. The van der Waals surface area contributed by atoms with E-state index in [1.165, 1.54) is 11.6 Å². The Morgan fingerprint density at radius 3 is 2.92 bits per heavy atom. The molecule has 3 aromatic rings. The van der Waals surface area contributed by atoms with Crippen LogP contribution in [0.3, 0.4) is 0 Å². The lowest BCUT2D eigenvalue weighted by Gasteiger charge is -2.17. The number of carbonyl (C=O) groups excluding carboxylic acids is 1. The smallest absolute Gasteiger partial charge is 0.313 e. The predicted octanol–water partition coefficient (Wildman–Crippen LogP) is 4.01. The van der Waals surface area contributed by atoms with Crippen molar-refractivity contribution in [1.29, 1.82) is 0 Å². The van der Waals surface area contributed by atoms with Gasteiger partial charge < -0.3 is 9.15 Å². The largest absolute Gasteiger partial charge is 0.469 e. The maximum absolute atomic E-state index is 12.2. The average molecular weight is 348 g/mol. The lowest BCUT2D eigenvalue weighted by atomic mass is 9.94. The summed E-state index contributed by atoms with van der Waals surface area (Å²) in [4.78, 5) is 16.7.